The molecule has 2 heteroatoms. The van der Waals surface area contributed by atoms with Crippen LogP contribution < -0.4 is 4.90 Å². The summed E-state index contributed by atoms with van der Waals surface area (Å²) in [5.41, 5.74) is 1.38. The van der Waals surface area contributed by atoms with Crippen LogP contribution in [0.2, 0.25) is 0 Å². The van der Waals surface area contributed by atoms with Crippen molar-refractivity contribution in [3.05, 3.63) is 23.9 Å². The first-order valence-electron chi connectivity index (χ1n) is 4.58. The van der Waals surface area contributed by atoms with E-state index in [1.807, 2.05) is 12.3 Å². The lowest BCUT2D eigenvalue weighted by molar-refractivity contribution is 0.534. The van der Waals surface area contributed by atoms with Gasteiger partial charge in [0.2, 0.25) is 0 Å². The van der Waals surface area contributed by atoms with Gasteiger partial charge in [-0.1, -0.05) is 0 Å². The Hall–Kier alpha value is -1.05. The second-order valence-electron chi connectivity index (χ2n) is 4.42. The summed E-state index contributed by atoms with van der Waals surface area (Å²) in [6, 6.07) is 4.12. The van der Waals surface area contributed by atoms with E-state index in [0.717, 1.165) is 5.82 Å². The highest BCUT2D eigenvalue weighted by Crippen LogP contribution is 2.19. The molecule has 13 heavy (non-hydrogen) atoms. The van der Waals surface area contributed by atoms with Crippen molar-refractivity contribution in [3.63, 3.8) is 0 Å². The molecule has 1 heterocycles. The van der Waals surface area contributed by atoms with Gasteiger partial charge in [-0.2, -0.15) is 0 Å². The van der Waals surface area contributed by atoms with E-state index in [0.29, 0.717) is 0 Å². The maximum Gasteiger partial charge on any atom is 0.128 e. The van der Waals surface area contributed by atoms with Crippen molar-refractivity contribution in [1.82, 2.24) is 4.98 Å². The molecule has 0 saturated carbocycles. The highest BCUT2D eigenvalue weighted by atomic mass is 15.2. The SMILES string of the molecule is Cc1ccnc(N(C)C(C)(C)C)c1. The molecule has 1 aromatic heterocycles. The molecule has 1 rings (SSSR count). The Morgan fingerprint density at radius 3 is 2.38 bits per heavy atom. The molecule has 0 radical (unpaired) electrons. The molecule has 0 bridgehead atoms. The van der Waals surface area contributed by atoms with Crippen LogP contribution in [0.4, 0.5) is 5.82 Å². The van der Waals surface area contributed by atoms with Crippen LogP contribution in [0.3, 0.4) is 0 Å². The van der Waals surface area contributed by atoms with Gasteiger partial charge < -0.3 is 4.90 Å². The van der Waals surface area contributed by atoms with E-state index in [4.69, 9.17) is 0 Å². The maximum atomic E-state index is 4.33. The summed E-state index contributed by atoms with van der Waals surface area (Å²) >= 11 is 0. The van der Waals surface area contributed by atoms with Crippen molar-refractivity contribution >= 4 is 5.82 Å². The molecule has 0 saturated heterocycles. The molecule has 0 aliphatic carbocycles. The summed E-state index contributed by atoms with van der Waals surface area (Å²) < 4.78 is 0. The van der Waals surface area contributed by atoms with E-state index in [9.17, 15) is 0 Å². The topological polar surface area (TPSA) is 16.1 Å². The quantitative estimate of drug-likeness (QED) is 0.657. The number of aryl methyl sites for hydroxylation is 1. The number of anilines is 1. The zero-order valence-electron chi connectivity index (χ0n) is 9.13. The predicted octanol–water partition coefficient (Wildman–Crippen LogP) is 2.62. The van der Waals surface area contributed by atoms with E-state index in [1.54, 1.807) is 0 Å². The third-order valence-electron chi connectivity index (χ3n) is 2.25. The van der Waals surface area contributed by atoms with E-state index < -0.39 is 0 Å². The van der Waals surface area contributed by atoms with Crippen LogP contribution in [-0.2, 0) is 0 Å². The van der Waals surface area contributed by atoms with Gasteiger partial charge in [0.05, 0.1) is 0 Å². The second kappa shape index (κ2) is 3.36. The minimum atomic E-state index is 0.126. The zero-order valence-corrected chi connectivity index (χ0v) is 9.13. The van der Waals surface area contributed by atoms with Gasteiger partial charge in [0, 0.05) is 18.8 Å². The molecule has 72 valence electrons. The van der Waals surface area contributed by atoms with Crippen LogP contribution in [0.25, 0.3) is 0 Å². The number of hydrogen-bond acceptors (Lipinski definition) is 2. The molecule has 0 atom stereocenters. The van der Waals surface area contributed by atoms with Crippen molar-refractivity contribution in [2.45, 2.75) is 33.2 Å². The van der Waals surface area contributed by atoms with E-state index in [-0.39, 0.29) is 5.54 Å². The minimum absolute atomic E-state index is 0.126. The lowest BCUT2D eigenvalue weighted by atomic mass is 10.1. The monoisotopic (exact) mass is 178 g/mol. The Morgan fingerprint density at radius 1 is 1.31 bits per heavy atom. The third kappa shape index (κ3) is 2.44. The summed E-state index contributed by atoms with van der Waals surface area (Å²) in [5.74, 6) is 1.03. The fourth-order valence-corrected chi connectivity index (χ4v) is 1.05. The fourth-order valence-electron chi connectivity index (χ4n) is 1.05. The average molecular weight is 178 g/mol. The highest BCUT2D eigenvalue weighted by molar-refractivity contribution is 5.42. The Balaban J connectivity index is 2.96. The summed E-state index contributed by atoms with van der Waals surface area (Å²) in [5, 5.41) is 0. The number of hydrogen-bond donors (Lipinski definition) is 0. The predicted molar refractivity (Wildman–Crippen MR) is 57.1 cm³/mol. The van der Waals surface area contributed by atoms with Gasteiger partial charge in [0.15, 0.2) is 0 Å². The summed E-state index contributed by atoms with van der Waals surface area (Å²) in [4.78, 5) is 6.51. The molecule has 0 aliphatic rings. The average Bonchev–Trinajstić information content (AvgIpc) is 2.01. The largest absolute Gasteiger partial charge is 0.355 e. The molecule has 1 aromatic rings. The third-order valence-corrected chi connectivity index (χ3v) is 2.25. The number of pyridine rings is 1. The van der Waals surface area contributed by atoms with Crippen LogP contribution in [0.15, 0.2) is 18.3 Å². The Bertz CT molecular complexity index is 286. The number of aromatic nitrogens is 1. The molecule has 2 nitrogen and oxygen atoms in total. The fraction of sp³-hybridized carbons (Fsp3) is 0.545. The minimum Gasteiger partial charge on any atom is -0.355 e. The van der Waals surface area contributed by atoms with Crippen LogP contribution in [0.1, 0.15) is 26.3 Å². The molecule has 0 unspecified atom stereocenters. The second-order valence-corrected chi connectivity index (χ2v) is 4.42. The van der Waals surface area contributed by atoms with Gasteiger partial charge in [-0.25, -0.2) is 4.98 Å². The first-order valence-corrected chi connectivity index (χ1v) is 4.58. The molecular formula is C11H18N2. The van der Waals surface area contributed by atoms with E-state index >= 15 is 0 Å². The lowest BCUT2D eigenvalue weighted by Crippen LogP contribution is -2.38. The standard InChI is InChI=1S/C11H18N2/c1-9-6-7-12-10(8-9)13(5)11(2,3)4/h6-8H,1-5H3. The molecular weight excluding hydrogens is 160 g/mol. The van der Waals surface area contributed by atoms with Crippen LogP contribution >= 0.6 is 0 Å². The van der Waals surface area contributed by atoms with Crippen molar-refractivity contribution < 1.29 is 0 Å². The van der Waals surface area contributed by atoms with Gasteiger partial charge >= 0.3 is 0 Å². The first-order chi connectivity index (χ1) is 5.91. The number of nitrogens with zero attached hydrogens (tertiary/aromatic N) is 2. The normalized spacial score (nSPS) is 11.5. The zero-order chi connectivity index (χ0) is 10.1. The van der Waals surface area contributed by atoms with Crippen LogP contribution in [0, 0.1) is 6.92 Å². The van der Waals surface area contributed by atoms with Crippen molar-refractivity contribution in [3.8, 4) is 0 Å². The van der Waals surface area contributed by atoms with Crippen LogP contribution in [-0.4, -0.2) is 17.6 Å². The summed E-state index contributed by atoms with van der Waals surface area (Å²) in [6.45, 7) is 8.62. The first kappa shape index (κ1) is 10.0. The van der Waals surface area contributed by atoms with E-state index in [2.05, 4.69) is 50.7 Å². The van der Waals surface area contributed by atoms with Crippen molar-refractivity contribution in [1.29, 1.82) is 0 Å². The van der Waals surface area contributed by atoms with Gasteiger partial charge in [0.1, 0.15) is 5.82 Å². The molecule has 0 aromatic carbocycles. The van der Waals surface area contributed by atoms with Gasteiger partial charge in [0.25, 0.3) is 0 Å². The molecule has 0 fully saturated rings. The Morgan fingerprint density at radius 2 is 1.92 bits per heavy atom. The molecule has 0 amide bonds. The number of rotatable bonds is 1. The maximum absolute atomic E-state index is 4.33. The molecule has 0 spiro atoms. The highest BCUT2D eigenvalue weighted by Gasteiger charge is 2.17. The van der Waals surface area contributed by atoms with Gasteiger partial charge in [-0.05, 0) is 45.4 Å². The van der Waals surface area contributed by atoms with E-state index in [1.165, 1.54) is 5.56 Å². The Labute approximate surface area is 80.6 Å². The summed E-state index contributed by atoms with van der Waals surface area (Å²) in [6.07, 6.45) is 1.85. The van der Waals surface area contributed by atoms with Crippen molar-refractivity contribution in [2.75, 3.05) is 11.9 Å². The smallest absolute Gasteiger partial charge is 0.128 e. The molecule has 0 N–H and O–H groups in total. The van der Waals surface area contributed by atoms with Gasteiger partial charge in [-0.15, -0.1) is 0 Å². The summed E-state index contributed by atoms with van der Waals surface area (Å²) in [7, 11) is 2.07. The molecule has 0 aliphatic heterocycles. The lowest BCUT2D eigenvalue weighted by Gasteiger charge is -2.33. The Kier molecular flexibility index (Phi) is 2.60. The van der Waals surface area contributed by atoms with Crippen LogP contribution in [0.5, 0.6) is 0 Å². The van der Waals surface area contributed by atoms with Crippen molar-refractivity contribution in [2.24, 2.45) is 0 Å². The van der Waals surface area contributed by atoms with Gasteiger partial charge in [-0.3, -0.25) is 0 Å².